The number of aliphatic hydroxyl groups excluding tert-OH is 1. The Hall–Kier alpha value is -1.02. The quantitative estimate of drug-likeness (QED) is 0.0440. The summed E-state index contributed by atoms with van der Waals surface area (Å²) in [5.41, 5.74) is 0. The van der Waals surface area contributed by atoms with E-state index >= 15 is 0 Å². The average molecular weight is 603 g/mol. The van der Waals surface area contributed by atoms with Gasteiger partial charge in [0.15, 0.2) is 0 Å². The van der Waals surface area contributed by atoms with E-state index in [0.717, 1.165) is 38.5 Å². The summed E-state index contributed by atoms with van der Waals surface area (Å²) in [4.78, 5) is 24.9. The monoisotopic (exact) mass is 602 g/mol. The third-order valence-corrected chi connectivity index (χ3v) is 7.88. The molecular formula is C32H63N2O6P. The number of nitrogens with zero attached hydrogens (tertiary/aromatic N) is 1. The number of quaternary nitrogens is 1. The first-order chi connectivity index (χ1) is 19.5. The Morgan fingerprint density at radius 2 is 1.37 bits per heavy atom. The summed E-state index contributed by atoms with van der Waals surface area (Å²) >= 11 is 0. The molecular weight excluding hydrogens is 539 g/mol. The number of phosphoric acid groups is 1. The van der Waals surface area contributed by atoms with Crippen LogP contribution in [0.25, 0.3) is 0 Å². The van der Waals surface area contributed by atoms with Gasteiger partial charge in [0.2, 0.25) is 5.91 Å². The fourth-order valence-corrected chi connectivity index (χ4v) is 4.95. The predicted octanol–water partition coefficient (Wildman–Crippen LogP) is 6.82. The van der Waals surface area contributed by atoms with Gasteiger partial charge >= 0.3 is 0 Å². The van der Waals surface area contributed by atoms with E-state index in [1.807, 2.05) is 27.2 Å². The molecule has 0 radical (unpaired) electrons. The van der Waals surface area contributed by atoms with Crippen molar-refractivity contribution in [3.05, 3.63) is 24.3 Å². The van der Waals surface area contributed by atoms with Crippen LogP contribution in [0.4, 0.5) is 0 Å². The number of hydrogen-bond donors (Lipinski definition) is 2. The topological polar surface area (TPSA) is 108 Å². The van der Waals surface area contributed by atoms with Crippen molar-refractivity contribution in [3.8, 4) is 0 Å². The van der Waals surface area contributed by atoms with E-state index in [2.05, 4.69) is 31.3 Å². The van der Waals surface area contributed by atoms with E-state index in [1.54, 1.807) is 6.08 Å². The van der Waals surface area contributed by atoms with Crippen molar-refractivity contribution in [2.45, 2.75) is 135 Å². The predicted molar refractivity (Wildman–Crippen MR) is 168 cm³/mol. The Kier molecular flexibility index (Phi) is 24.8. The van der Waals surface area contributed by atoms with Gasteiger partial charge in [-0.25, -0.2) is 0 Å². The maximum Gasteiger partial charge on any atom is 0.268 e. The van der Waals surface area contributed by atoms with Gasteiger partial charge in [-0.15, -0.1) is 0 Å². The average Bonchev–Trinajstić information content (AvgIpc) is 2.90. The molecule has 0 aliphatic heterocycles. The zero-order valence-electron chi connectivity index (χ0n) is 27.0. The molecule has 0 aromatic carbocycles. The highest BCUT2D eigenvalue weighted by Crippen LogP contribution is 2.38. The van der Waals surface area contributed by atoms with Gasteiger partial charge in [-0.3, -0.25) is 9.36 Å². The highest BCUT2D eigenvalue weighted by Gasteiger charge is 2.23. The summed E-state index contributed by atoms with van der Waals surface area (Å²) in [5, 5.41) is 13.5. The van der Waals surface area contributed by atoms with Gasteiger partial charge in [0, 0.05) is 6.42 Å². The van der Waals surface area contributed by atoms with Crippen LogP contribution in [-0.4, -0.2) is 68.5 Å². The summed E-state index contributed by atoms with van der Waals surface area (Å²) < 4.78 is 22.9. The molecule has 9 heteroatoms. The molecule has 0 heterocycles. The minimum absolute atomic E-state index is 0.00549. The van der Waals surface area contributed by atoms with Crippen LogP contribution in [0.3, 0.4) is 0 Å². The molecule has 8 nitrogen and oxygen atoms in total. The molecule has 0 bridgehead atoms. The summed E-state index contributed by atoms with van der Waals surface area (Å²) in [7, 11) is 1.24. The number of amides is 1. The Balaban J connectivity index is 4.72. The van der Waals surface area contributed by atoms with Crippen molar-refractivity contribution in [2.24, 2.45) is 0 Å². The van der Waals surface area contributed by atoms with Gasteiger partial charge in [-0.1, -0.05) is 109 Å². The first-order valence-electron chi connectivity index (χ1n) is 16.2. The molecule has 0 aromatic rings. The van der Waals surface area contributed by atoms with Crippen molar-refractivity contribution in [2.75, 3.05) is 40.9 Å². The zero-order chi connectivity index (χ0) is 30.8. The summed E-state index contributed by atoms with van der Waals surface area (Å²) in [6.07, 6.45) is 25.2. The molecule has 242 valence electrons. The number of carbonyl (C=O) groups excluding carboxylic acids is 1. The number of aliphatic hydroxyl groups is 1. The number of phosphoric ester groups is 1. The lowest BCUT2D eigenvalue weighted by Crippen LogP contribution is -2.45. The maximum atomic E-state index is 12.6. The third kappa shape index (κ3) is 27.6. The molecule has 41 heavy (non-hydrogen) atoms. The molecule has 2 N–H and O–H groups in total. The van der Waals surface area contributed by atoms with Crippen LogP contribution in [0, 0.1) is 0 Å². The van der Waals surface area contributed by atoms with Gasteiger partial charge in [0.05, 0.1) is 39.9 Å². The summed E-state index contributed by atoms with van der Waals surface area (Å²) in [6, 6.07) is -0.893. The zero-order valence-corrected chi connectivity index (χ0v) is 27.9. The second kappa shape index (κ2) is 25.5. The van der Waals surface area contributed by atoms with Crippen molar-refractivity contribution in [3.63, 3.8) is 0 Å². The fourth-order valence-electron chi connectivity index (χ4n) is 4.22. The van der Waals surface area contributed by atoms with E-state index in [9.17, 15) is 19.4 Å². The smallest absolute Gasteiger partial charge is 0.268 e. The number of nitrogens with one attached hydrogen (secondary N) is 1. The lowest BCUT2D eigenvalue weighted by Gasteiger charge is -2.29. The fraction of sp³-hybridized carbons (Fsp3) is 0.844. The highest BCUT2D eigenvalue weighted by atomic mass is 31.2. The van der Waals surface area contributed by atoms with Crippen LogP contribution in [0.1, 0.15) is 123 Å². The van der Waals surface area contributed by atoms with Crippen molar-refractivity contribution in [1.29, 1.82) is 0 Å². The molecule has 0 aromatic heterocycles. The van der Waals surface area contributed by atoms with E-state index in [4.69, 9.17) is 9.05 Å². The summed E-state index contributed by atoms with van der Waals surface area (Å²) in [6.45, 7) is 4.52. The number of carbonyl (C=O) groups is 1. The maximum absolute atomic E-state index is 12.6. The first-order valence-corrected chi connectivity index (χ1v) is 17.7. The van der Waals surface area contributed by atoms with Gasteiger partial charge in [-0.2, -0.15) is 0 Å². The molecule has 0 spiro atoms. The van der Waals surface area contributed by atoms with Crippen LogP contribution in [-0.2, 0) is 18.4 Å². The van der Waals surface area contributed by atoms with Crippen LogP contribution in [0.5, 0.6) is 0 Å². The summed E-state index contributed by atoms with van der Waals surface area (Å²) in [5.74, 6) is -0.217. The van der Waals surface area contributed by atoms with Crippen LogP contribution in [0.2, 0.25) is 0 Å². The second-order valence-electron chi connectivity index (χ2n) is 12.2. The van der Waals surface area contributed by atoms with Crippen LogP contribution >= 0.6 is 7.82 Å². The van der Waals surface area contributed by atoms with E-state index in [-0.39, 0.29) is 12.5 Å². The number of likely N-dealkylation sites (N-methyl/N-ethyl adjacent to an activating group) is 1. The lowest BCUT2D eigenvalue weighted by molar-refractivity contribution is -0.870. The molecule has 0 saturated heterocycles. The standard InChI is InChI=1S/C32H63N2O6P/c1-6-8-10-12-14-16-17-18-19-21-23-25-31(35)30(29-40-41(37,38)39-28-27-34(3,4)5)33-32(36)26-24-22-20-15-13-11-9-7-2/h17-18,23,25,30-31,35H,6-16,19-22,24,26-29H2,1-5H3,(H-,33,36,37,38)/b18-17+,25-23+. The SMILES string of the molecule is CCCCCCC/C=C/CC/C=C/C(O)C(COP(=O)([O-])OCC[N+](C)(C)C)NC(=O)CCCCCCCCCC. The molecule has 0 saturated carbocycles. The van der Waals surface area contributed by atoms with E-state index in [1.165, 1.54) is 64.2 Å². The number of rotatable bonds is 28. The molecule has 0 rings (SSSR count). The molecule has 0 fully saturated rings. The number of hydrogen-bond acceptors (Lipinski definition) is 6. The molecule has 1 amide bonds. The molecule has 3 unspecified atom stereocenters. The van der Waals surface area contributed by atoms with Gasteiger partial charge in [0.1, 0.15) is 13.2 Å². The number of unbranched alkanes of at least 4 members (excludes halogenated alkanes) is 13. The Bertz CT molecular complexity index is 738. The van der Waals surface area contributed by atoms with Crippen molar-refractivity contribution < 1.29 is 32.9 Å². The van der Waals surface area contributed by atoms with E-state index in [0.29, 0.717) is 17.4 Å². The first kappa shape index (κ1) is 40.0. The van der Waals surface area contributed by atoms with Crippen molar-refractivity contribution >= 4 is 13.7 Å². The Morgan fingerprint density at radius 1 is 0.829 bits per heavy atom. The highest BCUT2D eigenvalue weighted by molar-refractivity contribution is 7.45. The van der Waals surface area contributed by atoms with Crippen LogP contribution in [0.15, 0.2) is 24.3 Å². The second-order valence-corrected chi connectivity index (χ2v) is 13.6. The van der Waals surface area contributed by atoms with Crippen molar-refractivity contribution in [1.82, 2.24) is 5.32 Å². The van der Waals surface area contributed by atoms with Gasteiger partial charge in [0.25, 0.3) is 7.82 Å². The Labute approximate surface area is 252 Å². The number of allylic oxidation sites excluding steroid dienone is 3. The Morgan fingerprint density at radius 3 is 1.98 bits per heavy atom. The molecule has 0 aliphatic carbocycles. The normalized spacial score (nSPS) is 15.4. The lowest BCUT2D eigenvalue weighted by atomic mass is 10.1. The third-order valence-electron chi connectivity index (χ3n) is 6.91. The van der Waals surface area contributed by atoms with Crippen LogP contribution < -0.4 is 10.2 Å². The molecule has 3 atom stereocenters. The van der Waals surface area contributed by atoms with Gasteiger partial charge < -0.3 is 28.8 Å². The van der Waals surface area contributed by atoms with Gasteiger partial charge in [-0.05, 0) is 32.1 Å². The molecule has 0 aliphatic rings. The largest absolute Gasteiger partial charge is 0.756 e. The minimum Gasteiger partial charge on any atom is -0.756 e. The minimum atomic E-state index is -4.57. The van der Waals surface area contributed by atoms with E-state index < -0.39 is 26.6 Å².